The highest BCUT2D eigenvalue weighted by Crippen LogP contribution is 2.31. The minimum absolute atomic E-state index is 0.122. The topological polar surface area (TPSA) is 46.3 Å². The van der Waals surface area contributed by atoms with Crippen LogP contribution in [0.2, 0.25) is 5.02 Å². The molecule has 3 rings (SSSR count). The van der Waals surface area contributed by atoms with Gasteiger partial charge in [0, 0.05) is 17.8 Å². The first kappa shape index (κ1) is 13.2. The van der Waals surface area contributed by atoms with Crippen LogP contribution in [0.25, 0.3) is 0 Å². The van der Waals surface area contributed by atoms with Gasteiger partial charge in [0.2, 0.25) is 5.91 Å². The van der Waals surface area contributed by atoms with Crippen LogP contribution < -0.4 is 10.6 Å². The first-order valence-corrected chi connectivity index (χ1v) is 6.84. The molecule has 0 saturated heterocycles. The van der Waals surface area contributed by atoms with Gasteiger partial charge in [-0.05, 0) is 34.9 Å². The van der Waals surface area contributed by atoms with Gasteiger partial charge in [-0.25, -0.2) is 0 Å². The lowest BCUT2D eigenvalue weighted by molar-refractivity contribution is -0.117. The summed E-state index contributed by atoms with van der Waals surface area (Å²) in [7, 11) is 1.80. The summed E-state index contributed by atoms with van der Waals surface area (Å²) in [5.74, 6) is 0.122. The Bertz CT molecular complexity index is 667. The summed E-state index contributed by atoms with van der Waals surface area (Å²) >= 11 is 5.89. The number of benzene rings is 2. The second kappa shape index (κ2) is 4.93. The van der Waals surface area contributed by atoms with E-state index in [1.54, 1.807) is 11.9 Å². The van der Waals surface area contributed by atoms with Crippen molar-refractivity contribution in [3.8, 4) is 0 Å². The molecule has 20 heavy (non-hydrogen) atoms. The predicted octanol–water partition coefficient (Wildman–Crippen LogP) is 2.91. The number of nitrogens with zero attached hydrogens (tertiary/aromatic N) is 1. The number of fused-ring (bicyclic) bond motifs is 1. The van der Waals surface area contributed by atoms with E-state index in [-0.39, 0.29) is 11.9 Å². The predicted molar refractivity (Wildman–Crippen MR) is 81.0 cm³/mol. The summed E-state index contributed by atoms with van der Waals surface area (Å²) in [6.07, 6.45) is 0.451. The van der Waals surface area contributed by atoms with Crippen molar-refractivity contribution in [2.45, 2.75) is 12.5 Å². The standard InChI is InChI=1S/C16H15ClN2O/c1-19-14-7-4-11(8-12(14)9-15(19)20)16(18)10-2-5-13(17)6-3-10/h2-8,16H,9,18H2,1H3. The number of carbonyl (C=O) groups is 1. The molecule has 1 atom stereocenters. The van der Waals surface area contributed by atoms with Gasteiger partial charge in [0.15, 0.2) is 0 Å². The number of likely N-dealkylation sites (N-methyl/N-ethyl adjacent to an activating group) is 1. The molecule has 2 N–H and O–H groups in total. The lowest BCUT2D eigenvalue weighted by Gasteiger charge is -2.15. The van der Waals surface area contributed by atoms with Crippen molar-refractivity contribution in [1.29, 1.82) is 0 Å². The van der Waals surface area contributed by atoms with E-state index in [4.69, 9.17) is 17.3 Å². The maximum absolute atomic E-state index is 11.7. The SMILES string of the molecule is CN1C(=O)Cc2cc(C(N)c3ccc(Cl)cc3)ccc21. The van der Waals surface area contributed by atoms with E-state index in [1.165, 1.54) is 0 Å². The molecular weight excluding hydrogens is 272 g/mol. The average molecular weight is 287 g/mol. The molecule has 3 nitrogen and oxygen atoms in total. The van der Waals surface area contributed by atoms with Gasteiger partial charge in [0.1, 0.15) is 0 Å². The zero-order valence-corrected chi connectivity index (χ0v) is 11.9. The van der Waals surface area contributed by atoms with Crippen molar-refractivity contribution >= 4 is 23.2 Å². The van der Waals surface area contributed by atoms with Gasteiger partial charge in [-0.1, -0.05) is 35.9 Å². The van der Waals surface area contributed by atoms with Crippen molar-refractivity contribution in [2.24, 2.45) is 5.73 Å². The Hall–Kier alpha value is -1.84. The molecule has 1 unspecified atom stereocenters. The van der Waals surface area contributed by atoms with E-state index in [9.17, 15) is 4.79 Å². The molecule has 1 aliphatic heterocycles. The second-order valence-corrected chi connectivity index (χ2v) is 5.48. The van der Waals surface area contributed by atoms with Gasteiger partial charge in [0.05, 0.1) is 12.5 Å². The quantitative estimate of drug-likeness (QED) is 0.923. The average Bonchev–Trinajstić information content (AvgIpc) is 2.74. The smallest absolute Gasteiger partial charge is 0.231 e. The van der Waals surface area contributed by atoms with Crippen molar-refractivity contribution < 1.29 is 4.79 Å². The number of nitrogens with two attached hydrogens (primary N) is 1. The summed E-state index contributed by atoms with van der Waals surface area (Å²) in [4.78, 5) is 13.4. The Kier molecular flexibility index (Phi) is 3.24. The fourth-order valence-corrected chi connectivity index (χ4v) is 2.67. The zero-order chi connectivity index (χ0) is 14.3. The van der Waals surface area contributed by atoms with E-state index >= 15 is 0 Å². The number of anilines is 1. The molecule has 0 spiro atoms. The number of hydrogen-bond donors (Lipinski definition) is 1. The number of amides is 1. The molecule has 0 saturated carbocycles. The largest absolute Gasteiger partial charge is 0.320 e. The third-order valence-corrected chi connectivity index (χ3v) is 4.02. The van der Waals surface area contributed by atoms with Crippen molar-refractivity contribution in [2.75, 3.05) is 11.9 Å². The molecule has 0 aromatic heterocycles. The molecule has 2 aromatic rings. The minimum Gasteiger partial charge on any atom is -0.320 e. The molecule has 4 heteroatoms. The Morgan fingerprint density at radius 3 is 2.50 bits per heavy atom. The number of hydrogen-bond acceptors (Lipinski definition) is 2. The summed E-state index contributed by atoms with van der Waals surface area (Å²) in [5, 5.41) is 0.696. The Morgan fingerprint density at radius 2 is 1.80 bits per heavy atom. The highest BCUT2D eigenvalue weighted by Gasteiger charge is 2.24. The Labute approximate surface area is 123 Å². The van der Waals surface area contributed by atoms with Gasteiger partial charge in [-0.2, -0.15) is 0 Å². The monoisotopic (exact) mass is 286 g/mol. The van der Waals surface area contributed by atoms with Crippen LogP contribution in [0.4, 0.5) is 5.69 Å². The van der Waals surface area contributed by atoms with Crippen LogP contribution in [-0.2, 0) is 11.2 Å². The fourth-order valence-electron chi connectivity index (χ4n) is 2.55. The molecule has 0 bridgehead atoms. The lowest BCUT2D eigenvalue weighted by Crippen LogP contribution is -2.20. The minimum atomic E-state index is -0.210. The number of carbonyl (C=O) groups excluding carboxylic acids is 1. The van der Waals surface area contributed by atoms with E-state index in [1.807, 2.05) is 42.5 Å². The lowest BCUT2D eigenvalue weighted by atomic mass is 9.97. The molecular formula is C16H15ClN2O. The molecule has 1 aliphatic rings. The van der Waals surface area contributed by atoms with E-state index < -0.39 is 0 Å². The highest BCUT2D eigenvalue weighted by atomic mass is 35.5. The fraction of sp³-hybridized carbons (Fsp3) is 0.188. The number of rotatable bonds is 2. The van der Waals surface area contributed by atoms with Gasteiger partial charge < -0.3 is 10.6 Å². The maximum atomic E-state index is 11.7. The Morgan fingerprint density at radius 1 is 1.15 bits per heavy atom. The van der Waals surface area contributed by atoms with Gasteiger partial charge in [-0.3, -0.25) is 4.79 Å². The van der Waals surface area contributed by atoms with Crippen LogP contribution in [0, 0.1) is 0 Å². The van der Waals surface area contributed by atoms with E-state index in [0.29, 0.717) is 11.4 Å². The molecule has 1 amide bonds. The molecule has 2 aromatic carbocycles. The molecule has 1 heterocycles. The summed E-state index contributed by atoms with van der Waals surface area (Å²) < 4.78 is 0. The van der Waals surface area contributed by atoms with E-state index in [2.05, 4.69) is 0 Å². The highest BCUT2D eigenvalue weighted by molar-refractivity contribution is 6.30. The third-order valence-electron chi connectivity index (χ3n) is 3.77. The molecule has 0 radical (unpaired) electrons. The maximum Gasteiger partial charge on any atom is 0.231 e. The van der Waals surface area contributed by atoms with Gasteiger partial charge in [-0.15, -0.1) is 0 Å². The van der Waals surface area contributed by atoms with Gasteiger partial charge in [0.25, 0.3) is 0 Å². The van der Waals surface area contributed by atoms with Crippen LogP contribution in [0.1, 0.15) is 22.7 Å². The summed E-state index contributed by atoms with van der Waals surface area (Å²) in [6.45, 7) is 0. The first-order valence-electron chi connectivity index (χ1n) is 6.46. The molecule has 0 fully saturated rings. The second-order valence-electron chi connectivity index (χ2n) is 5.05. The van der Waals surface area contributed by atoms with Crippen LogP contribution in [-0.4, -0.2) is 13.0 Å². The van der Waals surface area contributed by atoms with Crippen LogP contribution in [0.5, 0.6) is 0 Å². The Balaban J connectivity index is 1.94. The summed E-state index contributed by atoms with van der Waals surface area (Å²) in [6, 6.07) is 13.3. The zero-order valence-electron chi connectivity index (χ0n) is 11.1. The van der Waals surface area contributed by atoms with Crippen molar-refractivity contribution in [1.82, 2.24) is 0 Å². The summed E-state index contributed by atoms with van der Waals surface area (Å²) in [5.41, 5.74) is 10.3. The molecule has 102 valence electrons. The van der Waals surface area contributed by atoms with Crippen molar-refractivity contribution in [3.63, 3.8) is 0 Å². The normalized spacial score (nSPS) is 15.3. The van der Waals surface area contributed by atoms with Crippen molar-refractivity contribution in [3.05, 3.63) is 64.2 Å². The van der Waals surface area contributed by atoms with Crippen LogP contribution in [0.3, 0.4) is 0 Å². The number of halogens is 1. The molecule has 0 aliphatic carbocycles. The van der Waals surface area contributed by atoms with E-state index in [0.717, 1.165) is 22.4 Å². The first-order chi connectivity index (χ1) is 9.56. The van der Waals surface area contributed by atoms with Crippen LogP contribution >= 0.6 is 11.6 Å². The van der Waals surface area contributed by atoms with Crippen LogP contribution in [0.15, 0.2) is 42.5 Å². The third kappa shape index (κ3) is 2.19. The van der Waals surface area contributed by atoms with Gasteiger partial charge >= 0.3 is 0 Å².